The fourth-order valence-corrected chi connectivity index (χ4v) is 4.07. The Morgan fingerprint density at radius 2 is 1.50 bits per heavy atom. The van der Waals surface area contributed by atoms with E-state index in [9.17, 15) is 0 Å². The summed E-state index contributed by atoms with van der Waals surface area (Å²) in [6.07, 6.45) is 5.49. The van der Waals surface area contributed by atoms with Gasteiger partial charge in [-0.3, -0.25) is 14.7 Å². The zero-order valence-electron chi connectivity index (χ0n) is 12.9. The van der Waals surface area contributed by atoms with Gasteiger partial charge in [-0.05, 0) is 19.9 Å². The molecule has 0 aromatic rings. The van der Waals surface area contributed by atoms with Gasteiger partial charge in [0.25, 0.3) is 0 Å². The molecule has 0 amide bonds. The summed E-state index contributed by atoms with van der Waals surface area (Å²) in [5, 5.41) is 3.66. The molecule has 1 N–H and O–H groups in total. The van der Waals surface area contributed by atoms with Crippen LogP contribution in [-0.2, 0) is 4.74 Å². The van der Waals surface area contributed by atoms with Crippen molar-refractivity contribution in [3.05, 3.63) is 0 Å². The first-order valence-electron chi connectivity index (χ1n) is 8.34. The lowest BCUT2D eigenvalue weighted by molar-refractivity contribution is -0.188. The van der Waals surface area contributed by atoms with E-state index >= 15 is 0 Å². The van der Waals surface area contributed by atoms with E-state index in [1.54, 1.807) is 0 Å². The van der Waals surface area contributed by atoms with Crippen molar-refractivity contribution in [2.75, 3.05) is 66.1 Å². The Bertz CT molecular complexity index is 300. The van der Waals surface area contributed by atoms with Gasteiger partial charge >= 0.3 is 0 Å². The Kier molecular flexibility index (Phi) is 4.94. The van der Waals surface area contributed by atoms with E-state index in [0.29, 0.717) is 0 Å². The van der Waals surface area contributed by atoms with Crippen LogP contribution in [0, 0.1) is 0 Å². The van der Waals surface area contributed by atoms with Gasteiger partial charge in [0.05, 0.1) is 13.2 Å². The molecule has 1 atom stereocenters. The van der Waals surface area contributed by atoms with Crippen LogP contribution in [0.1, 0.15) is 25.7 Å². The maximum atomic E-state index is 5.58. The lowest BCUT2D eigenvalue weighted by Crippen LogP contribution is -2.77. The highest BCUT2D eigenvalue weighted by Crippen LogP contribution is 2.29. The van der Waals surface area contributed by atoms with Gasteiger partial charge in [-0.2, -0.15) is 0 Å². The summed E-state index contributed by atoms with van der Waals surface area (Å²) in [7, 11) is 2.31. The SMILES string of the molecule is CN1CCNCC1(N1CCCCCC1)N1CCOCC1. The van der Waals surface area contributed by atoms with Crippen molar-refractivity contribution in [3.8, 4) is 0 Å². The first kappa shape index (κ1) is 14.7. The van der Waals surface area contributed by atoms with Crippen LogP contribution in [0.5, 0.6) is 0 Å². The van der Waals surface area contributed by atoms with Gasteiger partial charge in [0, 0.05) is 45.8 Å². The summed E-state index contributed by atoms with van der Waals surface area (Å²) in [6, 6.07) is 0. The van der Waals surface area contributed by atoms with Gasteiger partial charge in [-0.1, -0.05) is 12.8 Å². The first-order valence-corrected chi connectivity index (χ1v) is 8.34. The molecule has 0 aromatic carbocycles. The quantitative estimate of drug-likeness (QED) is 0.791. The lowest BCUT2D eigenvalue weighted by atomic mass is 10.1. The maximum Gasteiger partial charge on any atom is 0.144 e. The van der Waals surface area contributed by atoms with Crippen molar-refractivity contribution in [2.24, 2.45) is 0 Å². The molecule has 3 rings (SSSR count). The topological polar surface area (TPSA) is 31.0 Å². The molecule has 0 saturated carbocycles. The molecule has 3 saturated heterocycles. The molecule has 3 fully saturated rings. The van der Waals surface area contributed by atoms with Crippen LogP contribution in [0.4, 0.5) is 0 Å². The summed E-state index contributed by atoms with van der Waals surface area (Å²) in [5.74, 6) is 0.0758. The third kappa shape index (κ3) is 2.74. The fourth-order valence-electron chi connectivity index (χ4n) is 4.07. The number of ether oxygens (including phenoxy) is 1. The molecular formula is C15H30N4O. The molecule has 1 unspecified atom stereocenters. The fraction of sp³-hybridized carbons (Fsp3) is 1.00. The van der Waals surface area contributed by atoms with E-state index in [2.05, 4.69) is 27.1 Å². The number of morpholine rings is 1. The molecule has 3 aliphatic heterocycles. The largest absolute Gasteiger partial charge is 0.379 e. The van der Waals surface area contributed by atoms with Gasteiger partial charge in [0.15, 0.2) is 0 Å². The standard InChI is InChI=1S/C15H30N4O/c1-17-9-6-16-14-15(17,19-10-12-20-13-11-19)18-7-4-2-3-5-8-18/h16H,2-14H2,1H3. The third-order valence-corrected chi connectivity index (χ3v) is 5.23. The van der Waals surface area contributed by atoms with Crippen molar-refractivity contribution >= 4 is 0 Å². The summed E-state index contributed by atoms with van der Waals surface area (Å²) in [6.45, 7) is 9.65. The van der Waals surface area contributed by atoms with Gasteiger partial charge in [-0.15, -0.1) is 0 Å². The van der Waals surface area contributed by atoms with Crippen LogP contribution in [0.15, 0.2) is 0 Å². The highest BCUT2D eigenvalue weighted by molar-refractivity contribution is 4.96. The van der Waals surface area contributed by atoms with Crippen LogP contribution >= 0.6 is 0 Å². The number of likely N-dealkylation sites (tertiary alicyclic amines) is 1. The maximum absolute atomic E-state index is 5.58. The zero-order valence-corrected chi connectivity index (χ0v) is 12.9. The molecule has 5 heteroatoms. The average molecular weight is 282 g/mol. The zero-order chi connectivity index (χ0) is 13.8. The van der Waals surface area contributed by atoms with Crippen LogP contribution in [0.2, 0.25) is 0 Å². The Morgan fingerprint density at radius 1 is 0.850 bits per heavy atom. The van der Waals surface area contributed by atoms with Crippen molar-refractivity contribution in [1.29, 1.82) is 0 Å². The third-order valence-electron chi connectivity index (χ3n) is 5.23. The van der Waals surface area contributed by atoms with E-state index in [-0.39, 0.29) is 5.79 Å². The van der Waals surface area contributed by atoms with E-state index in [1.807, 2.05) is 0 Å². The van der Waals surface area contributed by atoms with E-state index in [0.717, 1.165) is 45.9 Å². The summed E-state index contributed by atoms with van der Waals surface area (Å²) in [5.41, 5.74) is 0. The smallest absolute Gasteiger partial charge is 0.144 e. The minimum Gasteiger partial charge on any atom is -0.379 e. The second-order valence-electron chi connectivity index (χ2n) is 6.37. The molecule has 0 aliphatic carbocycles. The number of nitrogens with one attached hydrogen (secondary N) is 1. The second-order valence-corrected chi connectivity index (χ2v) is 6.37. The highest BCUT2D eigenvalue weighted by atomic mass is 16.5. The van der Waals surface area contributed by atoms with Gasteiger partial charge in [0.2, 0.25) is 0 Å². The van der Waals surface area contributed by atoms with Crippen LogP contribution < -0.4 is 5.32 Å². The van der Waals surface area contributed by atoms with Crippen LogP contribution in [-0.4, -0.2) is 86.6 Å². The summed E-state index contributed by atoms with van der Waals surface area (Å²) >= 11 is 0. The van der Waals surface area contributed by atoms with E-state index in [1.165, 1.54) is 38.8 Å². The van der Waals surface area contributed by atoms with Crippen molar-refractivity contribution in [1.82, 2.24) is 20.0 Å². The number of hydrogen-bond donors (Lipinski definition) is 1. The number of rotatable bonds is 2. The Hall–Kier alpha value is -0.200. The molecule has 0 radical (unpaired) electrons. The molecule has 5 nitrogen and oxygen atoms in total. The molecule has 0 spiro atoms. The van der Waals surface area contributed by atoms with Gasteiger partial charge in [-0.25, -0.2) is 0 Å². The predicted molar refractivity (Wildman–Crippen MR) is 80.7 cm³/mol. The van der Waals surface area contributed by atoms with Crippen LogP contribution in [0.25, 0.3) is 0 Å². The molecule has 3 aliphatic rings. The summed E-state index contributed by atoms with van der Waals surface area (Å²) in [4.78, 5) is 7.99. The number of piperazine rings is 1. The molecule has 116 valence electrons. The van der Waals surface area contributed by atoms with E-state index in [4.69, 9.17) is 4.74 Å². The van der Waals surface area contributed by atoms with Gasteiger partial charge in [0.1, 0.15) is 5.79 Å². The predicted octanol–water partition coefficient (Wildman–Crippen LogP) is 0.383. The lowest BCUT2D eigenvalue weighted by Gasteiger charge is -2.58. The number of nitrogens with zero attached hydrogens (tertiary/aromatic N) is 3. The van der Waals surface area contributed by atoms with Crippen LogP contribution in [0.3, 0.4) is 0 Å². The second kappa shape index (κ2) is 6.71. The van der Waals surface area contributed by atoms with Gasteiger partial charge < -0.3 is 10.1 Å². The highest BCUT2D eigenvalue weighted by Gasteiger charge is 2.47. The summed E-state index contributed by atoms with van der Waals surface area (Å²) < 4.78 is 5.58. The Balaban J connectivity index is 1.84. The number of hydrogen-bond acceptors (Lipinski definition) is 5. The Labute approximate surface area is 123 Å². The van der Waals surface area contributed by atoms with Crippen molar-refractivity contribution < 1.29 is 4.74 Å². The first-order chi connectivity index (χ1) is 9.84. The minimum absolute atomic E-state index is 0.0758. The minimum atomic E-state index is 0.0758. The molecule has 20 heavy (non-hydrogen) atoms. The molecule has 3 heterocycles. The average Bonchev–Trinajstić information content (AvgIpc) is 2.78. The molecule has 0 bridgehead atoms. The molecule has 0 aromatic heterocycles. The Morgan fingerprint density at radius 3 is 2.15 bits per heavy atom. The van der Waals surface area contributed by atoms with E-state index < -0.39 is 0 Å². The van der Waals surface area contributed by atoms with Crippen molar-refractivity contribution in [2.45, 2.75) is 31.5 Å². The monoisotopic (exact) mass is 282 g/mol. The molecular weight excluding hydrogens is 252 g/mol. The number of likely N-dealkylation sites (N-methyl/N-ethyl adjacent to an activating group) is 1. The normalized spacial score (nSPS) is 35.9. The van der Waals surface area contributed by atoms with Crippen molar-refractivity contribution in [3.63, 3.8) is 0 Å².